The van der Waals surface area contributed by atoms with Crippen molar-refractivity contribution < 1.29 is 9.50 Å². The van der Waals surface area contributed by atoms with Crippen molar-refractivity contribution >= 4 is 0 Å². The topological polar surface area (TPSA) is 50.9 Å². The van der Waals surface area contributed by atoms with Crippen LogP contribution in [-0.4, -0.2) is 26.0 Å². The average molecular weight is 303 g/mol. The summed E-state index contributed by atoms with van der Waals surface area (Å²) < 4.78 is 15.2. The van der Waals surface area contributed by atoms with E-state index in [1.54, 1.807) is 23.1 Å². The largest absolute Gasteiger partial charge is 0.390 e. The third kappa shape index (κ3) is 4.01. The molecule has 5 heteroatoms. The van der Waals surface area contributed by atoms with Crippen molar-refractivity contribution in [3.05, 3.63) is 60.5 Å². The van der Waals surface area contributed by atoms with Gasteiger partial charge in [0.25, 0.3) is 0 Å². The molecule has 2 aromatic rings. The van der Waals surface area contributed by atoms with Crippen LogP contribution in [0.3, 0.4) is 0 Å². The zero-order chi connectivity index (χ0) is 16.2. The second kappa shape index (κ2) is 6.83. The number of hydrogen-bond donors (Lipinski definition) is 1. The Morgan fingerprint density at radius 2 is 2.05 bits per heavy atom. The van der Waals surface area contributed by atoms with Gasteiger partial charge in [0.1, 0.15) is 18.5 Å². The maximum atomic E-state index is 13.6. The SMILES string of the molecule is CC(C)(C)C(O)C(/C=C/Cc1ccccc1F)n1cncn1. The van der Waals surface area contributed by atoms with Crippen molar-refractivity contribution in [1.29, 1.82) is 0 Å². The molecule has 0 amide bonds. The molecule has 1 N–H and O–H groups in total. The van der Waals surface area contributed by atoms with E-state index in [9.17, 15) is 9.50 Å². The lowest BCUT2D eigenvalue weighted by Crippen LogP contribution is -2.34. The van der Waals surface area contributed by atoms with Crippen LogP contribution in [0.1, 0.15) is 32.4 Å². The van der Waals surface area contributed by atoms with Gasteiger partial charge in [-0.15, -0.1) is 0 Å². The number of hydrogen-bond acceptors (Lipinski definition) is 3. The highest BCUT2D eigenvalue weighted by atomic mass is 19.1. The maximum Gasteiger partial charge on any atom is 0.137 e. The van der Waals surface area contributed by atoms with Crippen molar-refractivity contribution in [2.45, 2.75) is 39.3 Å². The van der Waals surface area contributed by atoms with Gasteiger partial charge in [0, 0.05) is 0 Å². The summed E-state index contributed by atoms with van der Waals surface area (Å²) in [5.41, 5.74) is 0.320. The summed E-state index contributed by atoms with van der Waals surface area (Å²) in [7, 11) is 0. The Kier molecular flexibility index (Phi) is 5.08. The minimum atomic E-state index is -0.633. The van der Waals surface area contributed by atoms with Gasteiger partial charge >= 0.3 is 0 Å². The van der Waals surface area contributed by atoms with Gasteiger partial charge in [0.05, 0.1) is 12.1 Å². The van der Waals surface area contributed by atoms with Gasteiger partial charge in [-0.1, -0.05) is 51.1 Å². The van der Waals surface area contributed by atoms with Gasteiger partial charge in [-0.2, -0.15) is 5.10 Å². The second-order valence-corrected chi connectivity index (χ2v) is 6.40. The summed E-state index contributed by atoms with van der Waals surface area (Å²) in [6, 6.07) is 6.34. The number of allylic oxidation sites excluding steroid dienone is 1. The predicted molar refractivity (Wildman–Crippen MR) is 83.8 cm³/mol. The fourth-order valence-electron chi connectivity index (χ4n) is 2.22. The summed E-state index contributed by atoms with van der Waals surface area (Å²) in [5, 5.41) is 14.7. The van der Waals surface area contributed by atoms with E-state index >= 15 is 0 Å². The Morgan fingerprint density at radius 1 is 1.32 bits per heavy atom. The summed E-state index contributed by atoms with van der Waals surface area (Å²) in [6.45, 7) is 5.89. The summed E-state index contributed by atoms with van der Waals surface area (Å²) in [4.78, 5) is 3.93. The van der Waals surface area contributed by atoms with Crippen LogP contribution in [0.4, 0.5) is 4.39 Å². The number of aliphatic hydroxyl groups excluding tert-OH is 1. The van der Waals surface area contributed by atoms with E-state index in [0.29, 0.717) is 12.0 Å². The average Bonchev–Trinajstić information content (AvgIpc) is 2.97. The van der Waals surface area contributed by atoms with Crippen molar-refractivity contribution in [2.75, 3.05) is 0 Å². The van der Waals surface area contributed by atoms with Crippen LogP contribution in [0.15, 0.2) is 49.1 Å². The van der Waals surface area contributed by atoms with Crippen molar-refractivity contribution in [1.82, 2.24) is 14.8 Å². The first-order valence-electron chi connectivity index (χ1n) is 7.32. The lowest BCUT2D eigenvalue weighted by atomic mass is 9.84. The van der Waals surface area contributed by atoms with Crippen LogP contribution in [-0.2, 0) is 6.42 Å². The van der Waals surface area contributed by atoms with Gasteiger partial charge in [-0.05, 0) is 23.5 Å². The van der Waals surface area contributed by atoms with Gasteiger partial charge in [0.2, 0.25) is 0 Å². The summed E-state index contributed by atoms with van der Waals surface area (Å²) >= 11 is 0. The van der Waals surface area contributed by atoms with Crippen LogP contribution < -0.4 is 0 Å². The molecule has 0 fully saturated rings. The monoisotopic (exact) mass is 303 g/mol. The molecule has 1 aromatic carbocycles. The normalized spacial score (nSPS) is 15.1. The van der Waals surface area contributed by atoms with Crippen molar-refractivity contribution in [2.24, 2.45) is 5.41 Å². The Hall–Kier alpha value is -2.01. The van der Waals surface area contributed by atoms with Crippen LogP contribution in [0.25, 0.3) is 0 Å². The van der Waals surface area contributed by atoms with Gasteiger partial charge in [0.15, 0.2) is 0 Å². The number of nitrogens with zero attached hydrogens (tertiary/aromatic N) is 3. The molecule has 0 spiro atoms. The molecule has 0 saturated carbocycles. The third-order valence-electron chi connectivity index (χ3n) is 3.58. The molecule has 0 aliphatic rings. The van der Waals surface area contributed by atoms with E-state index < -0.39 is 6.10 Å². The first kappa shape index (κ1) is 16.4. The fraction of sp³-hybridized carbons (Fsp3) is 0.412. The number of aromatic nitrogens is 3. The van der Waals surface area contributed by atoms with Crippen molar-refractivity contribution in [3.8, 4) is 0 Å². The van der Waals surface area contributed by atoms with E-state index in [1.807, 2.05) is 39.0 Å². The highest BCUT2D eigenvalue weighted by Crippen LogP contribution is 2.28. The molecule has 4 nitrogen and oxygen atoms in total. The molecule has 1 heterocycles. The van der Waals surface area contributed by atoms with Crippen LogP contribution in [0, 0.1) is 11.2 Å². The highest BCUT2D eigenvalue weighted by molar-refractivity contribution is 5.20. The summed E-state index contributed by atoms with van der Waals surface area (Å²) in [5.74, 6) is -0.221. The molecular weight excluding hydrogens is 281 g/mol. The van der Waals surface area contributed by atoms with Gasteiger partial charge < -0.3 is 5.11 Å². The molecule has 118 valence electrons. The Morgan fingerprint density at radius 3 is 2.64 bits per heavy atom. The van der Waals surface area contributed by atoms with Crippen LogP contribution in [0.5, 0.6) is 0 Å². The van der Waals surface area contributed by atoms with Crippen molar-refractivity contribution in [3.63, 3.8) is 0 Å². The lowest BCUT2D eigenvalue weighted by Gasteiger charge is -2.31. The van der Waals surface area contributed by atoms with E-state index in [4.69, 9.17) is 0 Å². The minimum Gasteiger partial charge on any atom is -0.390 e. The predicted octanol–water partition coefficient (Wildman–Crippen LogP) is 3.16. The number of benzene rings is 1. The van der Waals surface area contributed by atoms with Gasteiger partial charge in [-0.3, -0.25) is 0 Å². The summed E-state index contributed by atoms with van der Waals surface area (Å²) in [6.07, 6.45) is 6.57. The smallest absolute Gasteiger partial charge is 0.137 e. The Balaban J connectivity index is 2.17. The van der Waals surface area contributed by atoms with E-state index in [0.717, 1.165) is 0 Å². The zero-order valence-corrected chi connectivity index (χ0v) is 13.1. The quantitative estimate of drug-likeness (QED) is 0.863. The Labute approximate surface area is 130 Å². The third-order valence-corrected chi connectivity index (χ3v) is 3.58. The molecule has 2 rings (SSSR count). The number of rotatable bonds is 5. The molecule has 22 heavy (non-hydrogen) atoms. The molecular formula is C17H22FN3O. The molecule has 0 aliphatic carbocycles. The minimum absolute atomic E-state index is 0.221. The number of halogens is 1. The standard InChI is InChI=1S/C17H22FN3O/c1-17(2,3)16(22)15(21-12-19-11-20-21)10-6-8-13-7-4-5-9-14(13)18/h4-7,9-12,15-16,22H,8H2,1-3H3/b10-6+. The number of aliphatic hydroxyl groups is 1. The van der Waals surface area contributed by atoms with E-state index in [-0.39, 0.29) is 17.3 Å². The maximum absolute atomic E-state index is 13.6. The molecule has 0 radical (unpaired) electrons. The highest BCUT2D eigenvalue weighted by Gasteiger charge is 2.30. The zero-order valence-electron chi connectivity index (χ0n) is 13.1. The Bertz CT molecular complexity index is 617. The molecule has 2 atom stereocenters. The van der Waals surface area contributed by atoms with Crippen LogP contribution >= 0.6 is 0 Å². The molecule has 2 unspecified atom stereocenters. The van der Waals surface area contributed by atoms with E-state index in [1.165, 1.54) is 12.4 Å². The molecule has 0 aliphatic heterocycles. The van der Waals surface area contributed by atoms with E-state index in [2.05, 4.69) is 10.1 Å². The second-order valence-electron chi connectivity index (χ2n) is 6.40. The lowest BCUT2D eigenvalue weighted by molar-refractivity contribution is 0.0284. The molecule has 0 saturated heterocycles. The fourth-order valence-corrected chi connectivity index (χ4v) is 2.22. The first-order chi connectivity index (χ1) is 10.4. The first-order valence-corrected chi connectivity index (χ1v) is 7.32. The van der Waals surface area contributed by atoms with Crippen LogP contribution in [0.2, 0.25) is 0 Å². The molecule has 0 bridgehead atoms. The van der Waals surface area contributed by atoms with Gasteiger partial charge in [-0.25, -0.2) is 14.1 Å². The molecule has 1 aromatic heterocycles.